The van der Waals surface area contributed by atoms with Gasteiger partial charge in [0, 0.05) is 38.1 Å². The Morgan fingerprint density at radius 3 is 2.75 bits per heavy atom. The van der Waals surface area contributed by atoms with Crippen molar-refractivity contribution in [3.63, 3.8) is 0 Å². The highest BCUT2D eigenvalue weighted by atomic mass is 19.4. The molecular weight excluding hydrogens is 431 g/mol. The number of aliphatic carboxylic acids is 1. The largest absolute Gasteiger partial charge is 0.490 e. The maximum absolute atomic E-state index is 10.6. The van der Waals surface area contributed by atoms with Crippen molar-refractivity contribution in [2.75, 3.05) is 19.8 Å². The molecule has 0 radical (unpaired) electrons. The summed E-state index contributed by atoms with van der Waals surface area (Å²) in [6.45, 7) is 6.26. The normalized spacial score (nSPS) is 23.4. The van der Waals surface area contributed by atoms with Gasteiger partial charge in [-0.1, -0.05) is 0 Å². The maximum atomic E-state index is 10.6. The third-order valence-corrected chi connectivity index (χ3v) is 5.47. The second-order valence-corrected chi connectivity index (χ2v) is 7.80. The molecule has 1 N–H and O–H groups in total. The number of hydrogen-bond donors (Lipinski definition) is 1. The number of nitrogens with zero attached hydrogens (tertiary/aromatic N) is 3. The molecule has 178 valence electrons. The first-order valence-corrected chi connectivity index (χ1v) is 10.5. The van der Waals surface area contributed by atoms with Crippen molar-refractivity contribution in [3.05, 3.63) is 42.1 Å². The van der Waals surface area contributed by atoms with E-state index >= 15 is 0 Å². The van der Waals surface area contributed by atoms with Crippen molar-refractivity contribution < 1.29 is 37.0 Å². The monoisotopic (exact) mass is 459 g/mol. The van der Waals surface area contributed by atoms with E-state index in [1.165, 1.54) is 0 Å². The summed E-state index contributed by atoms with van der Waals surface area (Å²) < 4.78 is 51.7. The van der Waals surface area contributed by atoms with E-state index in [9.17, 15) is 13.2 Å². The van der Waals surface area contributed by atoms with E-state index in [4.69, 9.17) is 23.8 Å². The number of fused-ring (bicyclic) bond motifs is 1. The van der Waals surface area contributed by atoms with E-state index < -0.39 is 12.1 Å². The molecule has 1 aliphatic heterocycles. The number of morpholine rings is 1. The van der Waals surface area contributed by atoms with Gasteiger partial charge in [-0.05, 0) is 44.4 Å². The highest BCUT2D eigenvalue weighted by Crippen LogP contribution is 2.33. The Morgan fingerprint density at radius 1 is 1.34 bits per heavy atom. The van der Waals surface area contributed by atoms with Gasteiger partial charge >= 0.3 is 12.1 Å². The number of hydrogen-bond acceptors (Lipinski definition) is 6. The fraction of sp³-hybridized carbons (Fsp3) is 0.619. The average Bonchev–Trinajstić information content (AvgIpc) is 3.47. The summed E-state index contributed by atoms with van der Waals surface area (Å²) in [4.78, 5) is 11.4. The number of aryl methyl sites for hydroxylation is 2. The summed E-state index contributed by atoms with van der Waals surface area (Å²) >= 11 is 0. The Bertz CT molecular complexity index is 840. The van der Waals surface area contributed by atoms with Crippen LogP contribution in [0.5, 0.6) is 0 Å². The number of carbonyl (C=O) groups is 1. The van der Waals surface area contributed by atoms with Crippen LogP contribution in [0.25, 0.3) is 0 Å². The molecule has 1 saturated heterocycles. The van der Waals surface area contributed by atoms with Crippen molar-refractivity contribution in [1.29, 1.82) is 0 Å². The number of halogens is 3. The Labute approximate surface area is 183 Å². The molecule has 1 saturated carbocycles. The van der Waals surface area contributed by atoms with Crippen molar-refractivity contribution in [3.8, 4) is 0 Å². The summed E-state index contributed by atoms with van der Waals surface area (Å²) in [5, 5.41) is 11.3. The van der Waals surface area contributed by atoms with Crippen LogP contribution in [0.1, 0.15) is 30.8 Å². The summed E-state index contributed by atoms with van der Waals surface area (Å²) in [7, 11) is 0. The molecule has 0 unspecified atom stereocenters. The zero-order valence-corrected chi connectivity index (χ0v) is 17.8. The van der Waals surface area contributed by atoms with Gasteiger partial charge in [-0.2, -0.15) is 18.3 Å². The van der Waals surface area contributed by atoms with Gasteiger partial charge in [-0.3, -0.25) is 9.58 Å². The average molecular weight is 459 g/mol. The standard InChI is InChI=1S/C19H27N3O3.C2HF3O2/c1-15-4-5-16(25-15)14-21-11-13-24-19-17(21)6-7-18(19)23-12-3-10-22-9-2-8-20-22;3-2(4,5)1(6)7/h2,4-5,8-9,17-19H,3,6-7,10-14H2,1H3;(H,6,7)/t17-,18+,19+;/m0./s1. The van der Waals surface area contributed by atoms with Gasteiger partial charge in [0.25, 0.3) is 0 Å². The second-order valence-electron chi connectivity index (χ2n) is 7.80. The first kappa shape index (κ1) is 24.3. The first-order chi connectivity index (χ1) is 15.2. The minimum atomic E-state index is -5.08. The number of ether oxygens (including phenoxy) is 2. The SMILES string of the molecule is Cc1ccc(CN2CCO[C@H]3[C@H](OCCCn4cccn4)CC[C@@H]32)o1.O=C(O)C(F)(F)F. The minimum Gasteiger partial charge on any atom is -0.475 e. The van der Waals surface area contributed by atoms with Gasteiger partial charge in [0.2, 0.25) is 0 Å². The third kappa shape index (κ3) is 6.81. The quantitative estimate of drug-likeness (QED) is 0.636. The summed E-state index contributed by atoms with van der Waals surface area (Å²) in [5.41, 5.74) is 0. The minimum absolute atomic E-state index is 0.189. The number of rotatable bonds is 7. The molecule has 8 nitrogen and oxygen atoms in total. The van der Waals surface area contributed by atoms with E-state index in [1.54, 1.807) is 0 Å². The van der Waals surface area contributed by atoms with Gasteiger partial charge in [-0.25, -0.2) is 4.79 Å². The third-order valence-electron chi connectivity index (χ3n) is 5.47. The summed E-state index contributed by atoms with van der Waals surface area (Å²) in [5.74, 6) is -0.737. The molecule has 11 heteroatoms. The first-order valence-electron chi connectivity index (χ1n) is 10.5. The van der Waals surface area contributed by atoms with Crippen LogP contribution in [0.4, 0.5) is 13.2 Å². The van der Waals surface area contributed by atoms with E-state index in [0.29, 0.717) is 6.04 Å². The lowest BCUT2D eigenvalue weighted by Gasteiger charge is -2.38. The Hall–Kier alpha value is -2.37. The molecule has 2 fully saturated rings. The lowest BCUT2D eigenvalue weighted by Crippen LogP contribution is -2.51. The number of furan rings is 1. The number of alkyl halides is 3. The molecule has 2 aliphatic rings. The van der Waals surface area contributed by atoms with Crippen LogP contribution in [0.15, 0.2) is 35.0 Å². The summed E-state index contributed by atoms with van der Waals surface area (Å²) in [6, 6.07) is 6.51. The van der Waals surface area contributed by atoms with E-state index in [0.717, 1.165) is 63.6 Å². The predicted molar refractivity (Wildman–Crippen MR) is 107 cm³/mol. The molecule has 0 spiro atoms. The van der Waals surface area contributed by atoms with Gasteiger partial charge in [0.05, 0.1) is 25.4 Å². The second kappa shape index (κ2) is 11.0. The van der Waals surface area contributed by atoms with E-state index in [-0.39, 0.29) is 12.2 Å². The maximum Gasteiger partial charge on any atom is 0.490 e. The van der Waals surface area contributed by atoms with Crippen LogP contribution >= 0.6 is 0 Å². The highest BCUT2D eigenvalue weighted by Gasteiger charge is 2.43. The summed E-state index contributed by atoms with van der Waals surface area (Å²) in [6.07, 6.45) is 2.31. The molecular formula is C21H28F3N3O5. The smallest absolute Gasteiger partial charge is 0.475 e. The Balaban J connectivity index is 0.000000360. The molecule has 2 aromatic rings. The molecule has 0 bridgehead atoms. The Morgan fingerprint density at radius 2 is 2.12 bits per heavy atom. The lowest BCUT2D eigenvalue weighted by atomic mass is 10.1. The number of aromatic nitrogens is 2. The van der Waals surface area contributed by atoms with Gasteiger partial charge in [0.1, 0.15) is 11.5 Å². The van der Waals surface area contributed by atoms with Gasteiger partial charge in [-0.15, -0.1) is 0 Å². The Kier molecular flexibility index (Phi) is 8.32. The lowest BCUT2D eigenvalue weighted by molar-refractivity contribution is -0.192. The number of carboxylic acids is 1. The predicted octanol–water partition coefficient (Wildman–Crippen LogP) is 3.26. The van der Waals surface area contributed by atoms with Crippen LogP contribution in [-0.4, -0.2) is 69.9 Å². The molecule has 0 amide bonds. The highest BCUT2D eigenvalue weighted by molar-refractivity contribution is 5.73. The molecule has 0 aromatic carbocycles. The molecule has 1 aliphatic carbocycles. The zero-order valence-electron chi connectivity index (χ0n) is 17.8. The zero-order chi connectivity index (χ0) is 23.1. The van der Waals surface area contributed by atoms with Crippen molar-refractivity contribution in [2.24, 2.45) is 0 Å². The molecule has 3 atom stereocenters. The van der Waals surface area contributed by atoms with Crippen LogP contribution in [0.2, 0.25) is 0 Å². The van der Waals surface area contributed by atoms with Crippen LogP contribution in [-0.2, 0) is 27.4 Å². The molecule has 32 heavy (non-hydrogen) atoms. The molecule has 4 rings (SSSR count). The molecule has 2 aromatic heterocycles. The fourth-order valence-corrected chi connectivity index (χ4v) is 4.03. The van der Waals surface area contributed by atoms with Gasteiger partial charge in [0.15, 0.2) is 0 Å². The topological polar surface area (TPSA) is 90.0 Å². The van der Waals surface area contributed by atoms with Crippen LogP contribution in [0, 0.1) is 6.92 Å². The van der Waals surface area contributed by atoms with Crippen LogP contribution in [0.3, 0.4) is 0 Å². The van der Waals surface area contributed by atoms with Crippen molar-refractivity contribution in [2.45, 2.75) is 63.7 Å². The van der Waals surface area contributed by atoms with E-state index in [1.807, 2.05) is 36.1 Å². The van der Waals surface area contributed by atoms with Crippen molar-refractivity contribution >= 4 is 5.97 Å². The van der Waals surface area contributed by atoms with Crippen LogP contribution < -0.4 is 0 Å². The van der Waals surface area contributed by atoms with Gasteiger partial charge < -0.3 is 19.0 Å². The number of carboxylic acid groups (broad SMARTS) is 1. The fourth-order valence-electron chi connectivity index (χ4n) is 4.03. The van der Waals surface area contributed by atoms with Crippen molar-refractivity contribution in [1.82, 2.24) is 14.7 Å². The molecule has 3 heterocycles. The van der Waals surface area contributed by atoms with E-state index in [2.05, 4.69) is 16.1 Å².